The fourth-order valence-corrected chi connectivity index (χ4v) is 4.66. The van der Waals surface area contributed by atoms with E-state index in [4.69, 9.17) is 23.3 Å². The molecule has 0 saturated carbocycles. The fourth-order valence-electron chi connectivity index (χ4n) is 3.11. The molecule has 0 radical (unpaired) electrons. The molecule has 2 aromatic carbocycles. The lowest BCUT2D eigenvalue weighted by molar-refractivity contribution is 0.0423. The number of hydrogen-bond donors (Lipinski definition) is 0. The first-order chi connectivity index (χ1) is 14.9. The van der Waals surface area contributed by atoms with Crippen molar-refractivity contribution >= 4 is 19.4 Å². The van der Waals surface area contributed by atoms with E-state index in [-0.39, 0.29) is 13.1 Å². The van der Waals surface area contributed by atoms with Gasteiger partial charge in [-0.1, -0.05) is 12.1 Å². The summed E-state index contributed by atoms with van der Waals surface area (Å²) in [6, 6.07) is 12.0. The average molecular weight is 469 g/mol. The van der Waals surface area contributed by atoms with E-state index in [1.54, 1.807) is 25.6 Å². The highest BCUT2D eigenvalue weighted by atomic mass is 32.2. The summed E-state index contributed by atoms with van der Waals surface area (Å²) in [4.78, 5) is 0. The van der Waals surface area contributed by atoms with Crippen LogP contribution in [0.25, 0.3) is 0 Å². The number of thioether (sulfide) groups is 1. The minimum atomic E-state index is -3.24. The summed E-state index contributed by atoms with van der Waals surface area (Å²) >= 11 is 1.61. The fraction of sp³-hybridized carbons (Fsp3) is 0.478. The Morgan fingerprint density at radius 3 is 2.06 bits per heavy atom. The lowest BCUT2D eigenvalue weighted by atomic mass is 9.96. The number of benzene rings is 2. The lowest BCUT2D eigenvalue weighted by Crippen LogP contribution is -2.06. The predicted octanol–water partition coefficient (Wildman–Crippen LogP) is 6.17. The topological polar surface area (TPSA) is 63.2 Å². The van der Waals surface area contributed by atoms with E-state index in [1.807, 2.05) is 30.5 Å². The zero-order chi connectivity index (χ0) is 22.7. The van der Waals surface area contributed by atoms with E-state index in [0.717, 1.165) is 23.3 Å². The van der Waals surface area contributed by atoms with Crippen molar-refractivity contribution in [3.05, 3.63) is 58.7 Å². The van der Waals surface area contributed by atoms with Crippen molar-refractivity contribution < 1.29 is 27.8 Å². The molecule has 31 heavy (non-hydrogen) atoms. The standard InChI is InChI=1S/C23H33O6PS/c1-6-28-30(24,29-7-2)16-27-22-12-18(3)23(19(4)13-22)14-20-8-10-21(11-9-20)26-15-25-17-31-5/h8-13H,6-7,14-17H2,1-5H3. The smallest absolute Gasteiger partial charge is 0.367 e. The van der Waals surface area contributed by atoms with Crippen molar-refractivity contribution in [2.75, 3.05) is 38.5 Å². The second-order valence-electron chi connectivity index (χ2n) is 6.95. The van der Waals surface area contributed by atoms with Gasteiger partial charge in [0, 0.05) is 0 Å². The first kappa shape index (κ1) is 25.8. The van der Waals surface area contributed by atoms with Crippen molar-refractivity contribution in [1.29, 1.82) is 0 Å². The molecule has 0 aliphatic heterocycles. The molecule has 0 aromatic heterocycles. The van der Waals surface area contributed by atoms with Gasteiger partial charge in [-0.25, -0.2) is 0 Å². The Morgan fingerprint density at radius 1 is 0.903 bits per heavy atom. The van der Waals surface area contributed by atoms with Crippen LogP contribution in [0.4, 0.5) is 0 Å². The highest BCUT2D eigenvalue weighted by Gasteiger charge is 2.24. The predicted molar refractivity (Wildman–Crippen MR) is 126 cm³/mol. The van der Waals surface area contributed by atoms with Gasteiger partial charge in [-0.15, -0.1) is 11.8 Å². The maximum Gasteiger partial charge on any atom is 0.367 e. The minimum absolute atomic E-state index is 0.102. The molecule has 8 heteroatoms. The Morgan fingerprint density at radius 2 is 1.52 bits per heavy atom. The van der Waals surface area contributed by atoms with Crippen molar-refractivity contribution in [1.82, 2.24) is 0 Å². The number of ether oxygens (including phenoxy) is 3. The molecule has 0 heterocycles. The molecular formula is C23H33O6PS. The number of rotatable bonds is 14. The summed E-state index contributed by atoms with van der Waals surface area (Å²) in [5.74, 6) is 2.06. The van der Waals surface area contributed by atoms with Crippen LogP contribution >= 0.6 is 19.4 Å². The molecule has 6 nitrogen and oxygen atoms in total. The van der Waals surface area contributed by atoms with Gasteiger partial charge in [0.15, 0.2) is 13.1 Å². The maximum absolute atomic E-state index is 12.6. The van der Waals surface area contributed by atoms with Gasteiger partial charge in [0.2, 0.25) is 0 Å². The first-order valence-corrected chi connectivity index (χ1v) is 13.4. The van der Waals surface area contributed by atoms with E-state index in [2.05, 4.69) is 26.0 Å². The Balaban J connectivity index is 2.01. The summed E-state index contributed by atoms with van der Waals surface area (Å²) in [7, 11) is -3.24. The Kier molecular flexibility index (Phi) is 10.9. The SMILES string of the molecule is CCOP(=O)(COc1cc(C)c(Cc2ccc(OCOCSC)cc2)c(C)c1)OCC. The summed E-state index contributed by atoms with van der Waals surface area (Å²) < 4.78 is 39.8. The average Bonchev–Trinajstić information content (AvgIpc) is 2.74. The second kappa shape index (κ2) is 13.1. The van der Waals surface area contributed by atoms with Crippen molar-refractivity contribution in [2.45, 2.75) is 34.1 Å². The molecule has 0 saturated heterocycles. The van der Waals surface area contributed by atoms with Crippen molar-refractivity contribution in [2.24, 2.45) is 0 Å². The maximum atomic E-state index is 12.6. The number of aryl methyl sites for hydroxylation is 2. The van der Waals surface area contributed by atoms with Crippen LogP contribution in [-0.2, 0) is 24.8 Å². The van der Waals surface area contributed by atoms with E-state index in [9.17, 15) is 4.57 Å². The molecule has 0 aliphatic carbocycles. The van der Waals surface area contributed by atoms with Crippen molar-refractivity contribution in [3.63, 3.8) is 0 Å². The van der Waals surface area contributed by atoms with E-state index in [0.29, 0.717) is 24.9 Å². The van der Waals surface area contributed by atoms with Crippen LogP contribution in [0.2, 0.25) is 0 Å². The number of hydrogen-bond acceptors (Lipinski definition) is 7. The molecule has 0 spiro atoms. The van der Waals surface area contributed by atoms with Gasteiger partial charge >= 0.3 is 7.60 Å². The molecule has 0 N–H and O–H groups in total. The molecular weight excluding hydrogens is 435 g/mol. The van der Waals surface area contributed by atoms with Gasteiger partial charge in [0.05, 0.1) is 19.2 Å². The molecule has 0 fully saturated rings. The second-order valence-corrected chi connectivity index (χ2v) is 9.76. The van der Waals surface area contributed by atoms with E-state index < -0.39 is 7.60 Å². The molecule has 2 rings (SSSR count). The minimum Gasteiger partial charge on any atom is -0.481 e. The summed E-state index contributed by atoms with van der Waals surface area (Å²) in [5.41, 5.74) is 4.66. The van der Waals surface area contributed by atoms with Crippen LogP contribution < -0.4 is 9.47 Å². The molecule has 0 atom stereocenters. The van der Waals surface area contributed by atoms with E-state index in [1.165, 1.54) is 11.1 Å². The highest BCUT2D eigenvalue weighted by Crippen LogP contribution is 2.48. The van der Waals surface area contributed by atoms with Crippen LogP contribution in [0.5, 0.6) is 11.5 Å². The van der Waals surface area contributed by atoms with Crippen LogP contribution in [0, 0.1) is 13.8 Å². The Labute approximate surface area is 190 Å². The summed E-state index contributed by atoms with van der Waals surface area (Å²) in [6.07, 6.45) is 2.68. The molecule has 0 bridgehead atoms. The quantitative estimate of drug-likeness (QED) is 0.187. The lowest BCUT2D eigenvalue weighted by Gasteiger charge is -2.19. The Bertz CT molecular complexity index is 823. The van der Waals surface area contributed by atoms with Crippen LogP contribution in [-0.4, -0.2) is 38.5 Å². The van der Waals surface area contributed by atoms with Gasteiger partial charge < -0.3 is 23.3 Å². The third-order valence-electron chi connectivity index (χ3n) is 4.52. The van der Waals surface area contributed by atoms with Gasteiger partial charge in [-0.2, -0.15) is 0 Å². The van der Waals surface area contributed by atoms with Gasteiger partial charge in [-0.3, -0.25) is 4.57 Å². The summed E-state index contributed by atoms with van der Waals surface area (Å²) in [5, 5.41) is 0. The zero-order valence-corrected chi connectivity index (χ0v) is 20.7. The first-order valence-electron chi connectivity index (χ1n) is 10.3. The van der Waals surface area contributed by atoms with E-state index >= 15 is 0 Å². The van der Waals surface area contributed by atoms with Crippen LogP contribution in [0.15, 0.2) is 36.4 Å². The summed E-state index contributed by atoms with van der Waals surface area (Å²) in [6.45, 7) is 8.55. The highest BCUT2D eigenvalue weighted by molar-refractivity contribution is 7.98. The van der Waals surface area contributed by atoms with Crippen molar-refractivity contribution in [3.8, 4) is 11.5 Å². The third-order valence-corrected chi connectivity index (χ3v) is 6.68. The molecule has 2 aromatic rings. The molecule has 0 unspecified atom stereocenters. The third kappa shape index (κ3) is 8.51. The molecule has 0 aliphatic rings. The molecule has 0 amide bonds. The van der Waals surface area contributed by atoms with Gasteiger partial charge in [0.1, 0.15) is 11.5 Å². The monoisotopic (exact) mass is 468 g/mol. The van der Waals surface area contributed by atoms with Gasteiger partial charge in [-0.05, 0) is 86.9 Å². The normalized spacial score (nSPS) is 11.5. The zero-order valence-electron chi connectivity index (χ0n) is 19.0. The van der Waals surface area contributed by atoms with Crippen LogP contribution in [0.1, 0.15) is 36.1 Å². The van der Waals surface area contributed by atoms with Gasteiger partial charge in [0.25, 0.3) is 0 Å². The Hall–Kier alpha value is -1.50. The largest absolute Gasteiger partial charge is 0.481 e. The molecule has 172 valence electrons. The van der Waals surface area contributed by atoms with Crippen LogP contribution in [0.3, 0.4) is 0 Å².